The van der Waals surface area contributed by atoms with Crippen LogP contribution in [0.5, 0.6) is 0 Å². The average molecular weight is 254 g/mol. The Kier molecular flexibility index (Phi) is 13.2. The van der Waals surface area contributed by atoms with Crippen molar-refractivity contribution in [1.29, 1.82) is 0 Å². The second-order valence-corrected chi connectivity index (χ2v) is 4.25. The molecule has 0 bridgehead atoms. The van der Waals surface area contributed by atoms with E-state index in [-0.39, 0.29) is 0 Å². The molecule has 0 fully saturated rings. The molecule has 0 spiro atoms. The predicted octanol–water partition coefficient (Wildman–Crippen LogP) is 2.26. The van der Waals surface area contributed by atoms with Crippen LogP contribution >= 0.6 is 8.25 Å². The first-order chi connectivity index (χ1) is 7.81. The van der Waals surface area contributed by atoms with Gasteiger partial charge in [0.15, 0.2) is 0 Å². The van der Waals surface area contributed by atoms with E-state index in [1.54, 1.807) is 0 Å². The molecule has 0 N–H and O–H groups in total. The summed E-state index contributed by atoms with van der Waals surface area (Å²) in [6.45, 7) is 7.01. The maximum absolute atomic E-state index is 11.1. The molecule has 0 aliphatic rings. The van der Waals surface area contributed by atoms with Crippen LogP contribution in [0.15, 0.2) is 0 Å². The Hall–Kier alpha value is 0.0700. The van der Waals surface area contributed by atoms with Crippen molar-refractivity contribution in [2.24, 2.45) is 0 Å². The van der Waals surface area contributed by atoms with E-state index in [2.05, 4.69) is 0 Å². The fourth-order valence-electron chi connectivity index (χ4n) is 0.902. The van der Waals surface area contributed by atoms with Crippen molar-refractivity contribution in [3.63, 3.8) is 0 Å². The van der Waals surface area contributed by atoms with E-state index in [4.69, 9.17) is 18.5 Å². The highest BCUT2D eigenvalue weighted by Gasteiger charge is 1.99. The smallest absolute Gasteiger partial charge is 0.319 e. The lowest BCUT2D eigenvalue weighted by Crippen LogP contribution is -2.04. The zero-order chi connectivity index (χ0) is 12.1. The van der Waals surface area contributed by atoms with Crippen LogP contribution in [0.2, 0.25) is 0 Å². The Morgan fingerprint density at radius 1 is 0.750 bits per heavy atom. The largest absolute Gasteiger partial charge is 0.379 e. The molecule has 6 heteroatoms. The Morgan fingerprint density at radius 3 is 1.56 bits per heavy atom. The molecule has 0 aliphatic carbocycles. The minimum Gasteiger partial charge on any atom is -0.379 e. The minimum atomic E-state index is -2.37. The van der Waals surface area contributed by atoms with Crippen LogP contribution in [0.25, 0.3) is 0 Å². The highest BCUT2D eigenvalue weighted by atomic mass is 31.1. The molecule has 0 aromatic rings. The molecule has 0 amide bonds. The Bertz CT molecular complexity index is 149. The maximum atomic E-state index is 11.1. The van der Waals surface area contributed by atoms with Gasteiger partial charge in [-0.15, -0.1) is 0 Å². The number of rotatable bonds is 12. The van der Waals surface area contributed by atoms with E-state index in [1.807, 2.05) is 13.8 Å². The molecule has 16 heavy (non-hydrogen) atoms. The van der Waals surface area contributed by atoms with Gasteiger partial charge in [-0.2, -0.15) is 0 Å². The lowest BCUT2D eigenvalue weighted by molar-refractivity contribution is 0.0802. The number of hydrogen-bond donors (Lipinski definition) is 0. The fourth-order valence-corrected chi connectivity index (χ4v) is 1.49. The summed E-state index contributed by atoms with van der Waals surface area (Å²) in [6, 6.07) is 0. The van der Waals surface area contributed by atoms with Crippen molar-refractivity contribution in [2.45, 2.75) is 26.7 Å². The highest BCUT2D eigenvalue weighted by Crippen LogP contribution is 2.22. The first kappa shape index (κ1) is 16.1. The van der Waals surface area contributed by atoms with Gasteiger partial charge >= 0.3 is 8.25 Å². The molecule has 0 atom stereocenters. The third-order valence-electron chi connectivity index (χ3n) is 1.59. The van der Waals surface area contributed by atoms with Gasteiger partial charge in [-0.05, 0) is 12.8 Å². The van der Waals surface area contributed by atoms with Crippen LogP contribution in [0.4, 0.5) is 0 Å². The molecule has 5 nitrogen and oxygen atoms in total. The van der Waals surface area contributed by atoms with Crippen molar-refractivity contribution < 1.29 is 23.1 Å². The number of ether oxygens (including phenoxy) is 2. The summed E-state index contributed by atoms with van der Waals surface area (Å²) in [5.74, 6) is 0. The number of hydrogen-bond acceptors (Lipinski definition) is 5. The van der Waals surface area contributed by atoms with Gasteiger partial charge < -0.3 is 18.5 Å². The summed E-state index contributed by atoms with van der Waals surface area (Å²) >= 11 is 0. The summed E-state index contributed by atoms with van der Waals surface area (Å²) in [7, 11) is -2.37. The Morgan fingerprint density at radius 2 is 1.19 bits per heavy atom. The molecule has 0 rings (SSSR count). The topological polar surface area (TPSA) is 54.0 Å². The standard InChI is InChI=1S/C10H23O5P/c1-3-5-12-7-9-14-16(11)15-10-8-13-6-4-2/h16H,3-10H2,1-2H3. The van der Waals surface area contributed by atoms with E-state index in [1.165, 1.54) is 0 Å². The van der Waals surface area contributed by atoms with Crippen molar-refractivity contribution in [3.8, 4) is 0 Å². The third-order valence-corrected chi connectivity index (χ3v) is 2.47. The van der Waals surface area contributed by atoms with Gasteiger partial charge in [-0.25, -0.2) is 0 Å². The van der Waals surface area contributed by atoms with E-state index in [0.717, 1.165) is 12.8 Å². The van der Waals surface area contributed by atoms with E-state index in [0.29, 0.717) is 39.6 Å². The van der Waals surface area contributed by atoms with Crippen molar-refractivity contribution >= 4 is 8.25 Å². The van der Waals surface area contributed by atoms with Crippen molar-refractivity contribution in [3.05, 3.63) is 0 Å². The zero-order valence-corrected chi connectivity index (χ0v) is 11.2. The quantitative estimate of drug-likeness (QED) is 0.395. The highest BCUT2D eigenvalue weighted by molar-refractivity contribution is 7.33. The summed E-state index contributed by atoms with van der Waals surface area (Å²) in [5.41, 5.74) is 0. The van der Waals surface area contributed by atoms with Crippen molar-refractivity contribution in [1.82, 2.24) is 0 Å². The molecule has 0 saturated heterocycles. The van der Waals surface area contributed by atoms with Crippen LogP contribution in [-0.4, -0.2) is 39.6 Å². The first-order valence-corrected chi connectivity index (χ1v) is 6.98. The molecule has 0 heterocycles. The van der Waals surface area contributed by atoms with Gasteiger partial charge in [0.05, 0.1) is 26.4 Å². The lowest BCUT2D eigenvalue weighted by atomic mass is 10.5. The van der Waals surface area contributed by atoms with Crippen LogP contribution in [0.3, 0.4) is 0 Å². The van der Waals surface area contributed by atoms with Crippen molar-refractivity contribution in [2.75, 3.05) is 39.6 Å². The molecular formula is C10H23O5P. The summed E-state index contributed by atoms with van der Waals surface area (Å²) in [5, 5.41) is 0. The van der Waals surface area contributed by atoms with Crippen LogP contribution in [0.1, 0.15) is 26.7 Å². The molecule has 0 aromatic carbocycles. The Labute approximate surface area is 98.4 Å². The minimum absolute atomic E-state index is 0.313. The van der Waals surface area contributed by atoms with E-state index < -0.39 is 8.25 Å². The molecule has 0 aromatic heterocycles. The van der Waals surface area contributed by atoms with Gasteiger partial charge in [-0.3, -0.25) is 4.57 Å². The zero-order valence-electron chi connectivity index (χ0n) is 10.2. The normalized spacial score (nSPS) is 11.2. The second-order valence-electron chi connectivity index (χ2n) is 3.17. The molecular weight excluding hydrogens is 231 g/mol. The van der Waals surface area contributed by atoms with Gasteiger partial charge in [0.2, 0.25) is 0 Å². The summed E-state index contributed by atoms with van der Waals surface area (Å²) < 4.78 is 31.3. The Balaban J connectivity index is 3.12. The second kappa shape index (κ2) is 13.1. The molecule has 0 radical (unpaired) electrons. The first-order valence-electron chi connectivity index (χ1n) is 5.76. The molecule has 0 aliphatic heterocycles. The van der Waals surface area contributed by atoms with Crippen LogP contribution < -0.4 is 0 Å². The maximum Gasteiger partial charge on any atom is 0.319 e. The fraction of sp³-hybridized carbons (Fsp3) is 1.00. The van der Waals surface area contributed by atoms with Crippen LogP contribution in [0, 0.1) is 0 Å². The average Bonchev–Trinajstić information content (AvgIpc) is 2.28. The van der Waals surface area contributed by atoms with E-state index in [9.17, 15) is 4.57 Å². The van der Waals surface area contributed by atoms with Gasteiger partial charge in [0.25, 0.3) is 0 Å². The van der Waals surface area contributed by atoms with Gasteiger partial charge in [-0.1, -0.05) is 13.8 Å². The summed E-state index contributed by atoms with van der Waals surface area (Å²) in [6.07, 6.45) is 1.95. The predicted molar refractivity (Wildman–Crippen MR) is 63.1 cm³/mol. The molecule has 98 valence electrons. The molecule has 0 saturated carbocycles. The monoisotopic (exact) mass is 254 g/mol. The third kappa shape index (κ3) is 12.1. The van der Waals surface area contributed by atoms with Gasteiger partial charge in [0.1, 0.15) is 0 Å². The van der Waals surface area contributed by atoms with Gasteiger partial charge in [0, 0.05) is 13.2 Å². The van der Waals surface area contributed by atoms with E-state index >= 15 is 0 Å². The molecule has 0 unspecified atom stereocenters. The SMILES string of the molecule is CCCOCCO[PH](=O)OCCOCCC. The van der Waals surface area contributed by atoms with Crippen LogP contribution in [-0.2, 0) is 23.1 Å². The summed E-state index contributed by atoms with van der Waals surface area (Å²) in [4.78, 5) is 0. The lowest BCUT2D eigenvalue weighted by Gasteiger charge is -2.06.